The summed E-state index contributed by atoms with van der Waals surface area (Å²) in [6, 6.07) is 10.3. The van der Waals surface area contributed by atoms with Crippen LogP contribution in [-0.4, -0.2) is 56.3 Å². The van der Waals surface area contributed by atoms with E-state index in [0.29, 0.717) is 13.1 Å². The summed E-state index contributed by atoms with van der Waals surface area (Å²) in [7, 11) is -0.188. The molecule has 2 atom stereocenters. The van der Waals surface area contributed by atoms with Crippen LogP contribution in [0.4, 0.5) is 0 Å². The molecule has 0 saturated carbocycles. The van der Waals surface area contributed by atoms with Crippen molar-refractivity contribution >= 4 is 10.2 Å². The Morgan fingerprint density at radius 2 is 1.95 bits per heavy atom. The predicted octanol–water partition coefficient (Wildman–Crippen LogP) is 0.698. The third kappa shape index (κ3) is 3.38. The van der Waals surface area contributed by atoms with Gasteiger partial charge in [-0.15, -0.1) is 0 Å². The van der Waals surface area contributed by atoms with Crippen LogP contribution in [0.5, 0.6) is 0 Å². The monoisotopic (exact) mass is 297 g/mol. The summed E-state index contributed by atoms with van der Waals surface area (Å²) in [5.74, 6) is 0. The number of piperazine rings is 1. The van der Waals surface area contributed by atoms with Gasteiger partial charge >= 0.3 is 0 Å². The molecule has 0 aromatic heterocycles. The van der Waals surface area contributed by atoms with E-state index in [1.54, 1.807) is 18.4 Å². The molecule has 1 aliphatic heterocycles. The lowest BCUT2D eigenvalue weighted by Crippen LogP contribution is -2.59. The number of nitrogens with zero attached hydrogens (tertiary/aromatic N) is 2. The van der Waals surface area contributed by atoms with Gasteiger partial charge in [0.2, 0.25) is 0 Å². The third-order valence-electron chi connectivity index (χ3n) is 3.68. The second-order valence-electron chi connectivity index (χ2n) is 5.50. The molecule has 0 spiro atoms. The van der Waals surface area contributed by atoms with Crippen molar-refractivity contribution in [3.8, 4) is 0 Å². The Balaban J connectivity index is 2.09. The first-order valence-electron chi connectivity index (χ1n) is 6.88. The van der Waals surface area contributed by atoms with Crippen molar-refractivity contribution in [2.24, 2.45) is 0 Å². The van der Waals surface area contributed by atoms with Gasteiger partial charge in [-0.3, -0.25) is 0 Å². The number of benzene rings is 1. The van der Waals surface area contributed by atoms with E-state index in [4.69, 9.17) is 0 Å². The second-order valence-corrected chi connectivity index (χ2v) is 7.60. The number of hydrogen-bond acceptors (Lipinski definition) is 3. The summed E-state index contributed by atoms with van der Waals surface area (Å²) >= 11 is 0. The average molecular weight is 297 g/mol. The van der Waals surface area contributed by atoms with Gasteiger partial charge in [-0.1, -0.05) is 30.3 Å². The van der Waals surface area contributed by atoms with Crippen molar-refractivity contribution in [1.82, 2.24) is 13.9 Å². The maximum atomic E-state index is 12.3. The number of rotatable bonds is 4. The molecule has 1 saturated heterocycles. The molecule has 1 aromatic carbocycles. The molecule has 1 aliphatic rings. The summed E-state index contributed by atoms with van der Waals surface area (Å²) in [4.78, 5) is 0. The highest BCUT2D eigenvalue weighted by Crippen LogP contribution is 2.16. The van der Waals surface area contributed by atoms with Crippen LogP contribution >= 0.6 is 0 Å². The van der Waals surface area contributed by atoms with Gasteiger partial charge in [0.1, 0.15) is 0 Å². The fourth-order valence-electron chi connectivity index (χ4n) is 2.47. The smallest absolute Gasteiger partial charge is 0.281 e. The van der Waals surface area contributed by atoms with Crippen LogP contribution in [0.2, 0.25) is 0 Å². The van der Waals surface area contributed by atoms with Gasteiger partial charge in [0.25, 0.3) is 10.2 Å². The molecular formula is C14H23N3O2S. The summed E-state index contributed by atoms with van der Waals surface area (Å²) in [5.41, 5.74) is 1.22. The van der Waals surface area contributed by atoms with E-state index >= 15 is 0 Å². The van der Waals surface area contributed by atoms with Gasteiger partial charge in [-0.05, 0) is 18.9 Å². The zero-order valence-corrected chi connectivity index (χ0v) is 13.1. The van der Waals surface area contributed by atoms with Crippen molar-refractivity contribution in [2.75, 3.05) is 27.2 Å². The molecule has 0 radical (unpaired) electrons. The van der Waals surface area contributed by atoms with Crippen LogP contribution in [-0.2, 0) is 16.6 Å². The molecule has 0 amide bonds. The normalized spacial score (nSPS) is 25.0. The molecule has 2 unspecified atom stereocenters. The van der Waals surface area contributed by atoms with Crippen LogP contribution in [0.25, 0.3) is 0 Å². The highest BCUT2D eigenvalue weighted by atomic mass is 32.2. The zero-order chi connectivity index (χ0) is 14.8. The lowest BCUT2D eigenvalue weighted by molar-refractivity contribution is 0.224. The quantitative estimate of drug-likeness (QED) is 0.890. The summed E-state index contributed by atoms with van der Waals surface area (Å²) in [5, 5.41) is 3.43. The van der Waals surface area contributed by atoms with Crippen molar-refractivity contribution in [2.45, 2.75) is 25.4 Å². The molecular weight excluding hydrogens is 274 g/mol. The maximum absolute atomic E-state index is 12.3. The van der Waals surface area contributed by atoms with Crippen LogP contribution in [0.3, 0.4) is 0 Å². The largest absolute Gasteiger partial charge is 0.311 e. The maximum Gasteiger partial charge on any atom is 0.281 e. The molecule has 1 fully saturated rings. The molecule has 2 rings (SSSR count). The summed E-state index contributed by atoms with van der Waals surface area (Å²) in [6.45, 7) is 3.13. The second kappa shape index (κ2) is 6.22. The fraction of sp³-hybridized carbons (Fsp3) is 0.571. The van der Waals surface area contributed by atoms with Gasteiger partial charge in [0.05, 0.1) is 0 Å². The molecule has 20 heavy (non-hydrogen) atoms. The first-order valence-corrected chi connectivity index (χ1v) is 8.27. The first kappa shape index (κ1) is 15.4. The SMILES string of the molecule is CC1CNC(Cc2ccccc2)CN1S(=O)(=O)N(C)C. The van der Waals surface area contributed by atoms with Crippen LogP contribution in [0.1, 0.15) is 12.5 Å². The van der Waals surface area contributed by atoms with E-state index in [-0.39, 0.29) is 12.1 Å². The van der Waals surface area contributed by atoms with Crippen LogP contribution in [0.15, 0.2) is 30.3 Å². The Kier molecular flexibility index (Phi) is 4.80. The van der Waals surface area contributed by atoms with Crippen molar-refractivity contribution < 1.29 is 8.42 Å². The summed E-state index contributed by atoms with van der Waals surface area (Å²) in [6.07, 6.45) is 0.840. The Hall–Kier alpha value is -0.950. The standard InChI is InChI=1S/C14H23N3O2S/c1-12-10-15-14(9-13-7-5-4-6-8-13)11-17(12)20(18,19)16(2)3/h4-8,12,14-15H,9-11H2,1-3H3. The topological polar surface area (TPSA) is 52.7 Å². The van der Waals surface area contributed by atoms with E-state index in [1.807, 2.05) is 25.1 Å². The van der Waals surface area contributed by atoms with Gasteiger partial charge in [-0.25, -0.2) is 0 Å². The third-order valence-corrected chi connectivity index (χ3v) is 5.70. The highest BCUT2D eigenvalue weighted by molar-refractivity contribution is 7.86. The minimum Gasteiger partial charge on any atom is -0.311 e. The number of nitrogens with one attached hydrogen (secondary N) is 1. The minimum absolute atomic E-state index is 0.0191. The van der Waals surface area contributed by atoms with Crippen molar-refractivity contribution in [1.29, 1.82) is 0 Å². The molecule has 6 heteroatoms. The molecule has 0 bridgehead atoms. The first-order chi connectivity index (χ1) is 9.41. The Morgan fingerprint density at radius 1 is 1.30 bits per heavy atom. The highest BCUT2D eigenvalue weighted by Gasteiger charge is 2.34. The predicted molar refractivity (Wildman–Crippen MR) is 80.7 cm³/mol. The molecule has 5 nitrogen and oxygen atoms in total. The van der Waals surface area contributed by atoms with Crippen LogP contribution in [0, 0.1) is 0 Å². The van der Waals surface area contributed by atoms with E-state index < -0.39 is 10.2 Å². The Morgan fingerprint density at radius 3 is 2.55 bits per heavy atom. The average Bonchev–Trinajstić information content (AvgIpc) is 2.42. The number of hydrogen-bond donors (Lipinski definition) is 1. The van der Waals surface area contributed by atoms with Gasteiger partial charge in [0, 0.05) is 39.3 Å². The van der Waals surface area contributed by atoms with Gasteiger partial charge in [0.15, 0.2) is 0 Å². The molecule has 1 aromatic rings. The molecule has 1 N–H and O–H groups in total. The van der Waals surface area contributed by atoms with Crippen molar-refractivity contribution in [3.63, 3.8) is 0 Å². The Labute approximate surface area is 121 Å². The van der Waals surface area contributed by atoms with E-state index in [2.05, 4.69) is 17.4 Å². The Bertz CT molecular complexity index is 531. The van der Waals surface area contributed by atoms with E-state index in [0.717, 1.165) is 6.42 Å². The van der Waals surface area contributed by atoms with E-state index in [9.17, 15) is 8.42 Å². The van der Waals surface area contributed by atoms with E-state index in [1.165, 1.54) is 9.87 Å². The fourth-order valence-corrected chi connectivity index (χ4v) is 3.78. The molecule has 1 heterocycles. The lowest BCUT2D eigenvalue weighted by Gasteiger charge is -2.39. The zero-order valence-electron chi connectivity index (χ0n) is 12.3. The minimum atomic E-state index is -3.35. The summed E-state index contributed by atoms with van der Waals surface area (Å²) < 4.78 is 27.5. The van der Waals surface area contributed by atoms with Crippen molar-refractivity contribution in [3.05, 3.63) is 35.9 Å². The van der Waals surface area contributed by atoms with Gasteiger partial charge < -0.3 is 5.32 Å². The molecule has 112 valence electrons. The lowest BCUT2D eigenvalue weighted by atomic mass is 10.0. The van der Waals surface area contributed by atoms with Gasteiger partial charge in [-0.2, -0.15) is 17.0 Å². The van der Waals surface area contributed by atoms with Crippen LogP contribution < -0.4 is 5.32 Å². The molecule has 0 aliphatic carbocycles.